The molecule has 0 saturated carbocycles. The standard InChI is InChI=1S/C16H12N6O4S2/c17-28(25,26)11-6-7-12(13(8-11)22(23)24)18-15-19-16-21(20-15)14(9-27-16)10-4-2-1-3-5-10/h1-9H,(H,18,20)(H2,17,25,26). The number of fused-ring (bicyclic) bond motifs is 1. The maximum atomic E-state index is 11.4. The Kier molecular flexibility index (Phi) is 4.30. The van der Waals surface area contributed by atoms with Gasteiger partial charge in [0, 0.05) is 17.0 Å². The molecular weight excluding hydrogens is 404 g/mol. The number of anilines is 2. The van der Waals surface area contributed by atoms with Crippen molar-refractivity contribution in [1.29, 1.82) is 0 Å². The number of nitrogens with one attached hydrogen (secondary N) is 1. The predicted octanol–water partition coefficient (Wildman–Crippen LogP) is 2.76. The fraction of sp³-hybridized carbons (Fsp3) is 0. The van der Waals surface area contributed by atoms with E-state index in [1.807, 2.05) is 35.7 Å². The third-order valence-electron chi connectivity index (χ3n) is 3.89. The average molecular weight is 416 g/mol. The Bertz CT molecular complexity index is 1300. The average Bonchev–Trinajstić information content (AvgIpc) is 3.21. The molecule has 0 unspecified atom stereocenters. The lowest BCUT2D eigenvalue weighted by Gasteiger charge is -2.05. The van der Waals surface area contributed by atoms with Crippen molar-refractivity contribution in [3.63, 3.8) is 0 Å². The molecular formula is C16H12N6O4S2. The number of rotatable bonds is 5. The zero-order valence-electron chi connectivity index (χ0n) is 14.0. The van der Waals surface area contributed by atoms with E-state index in [1.54, 1.807) is 4.52 Å². The summed E-state index contributed by atoms with van der Waals surface area (Å²) in [5.74, 6) is 0.149. The molecule has 12 heteroatoms. The molecule has 3 N–H and O–H groups in total. The summed E-state index contributed by atoms with van der Waals surface area (Å²) in [7, 11) is -4.06. The van der Waals surface area contributed by atoms with Gasteiger partial charge in [0.1, 0.15) is 5.69 Å². The number of nitrogens with two attached hydrogens (primary N) is 1. The van der Waals surface area contributed by atoms with Gasteiger partial charge in [-0.25, -0.2) is 18.1 Å². The first-order valence-electron chi connectivity index (χ1n) is 7.81. The van der Waals surface area contributed by atoms with Crippen LogP contribution in [0, 0.1) is 10.1 Å². The Morgan fingerprint density at radius 1 is 1.18 bits per heavy atom. The van der Waals surface area contributed by atoms with Crippen LogP contribution >= 0.6 is 11.3 Å². The number of hydrogen-bond donors (Lipinski definition) is 2. The van der Waals surface area contributed by atoms with E-state index in [4.69, 9.17) is 5.14 Å². The van der Waals surface area contributed by atoms with Crippen molar-refractivity contribution in [2.45, 2.75) is 4.90 Å². The molecule has 0 spiro atoms. The molecule has 2 aromatic heterocycles. The molecule has 4 aromatic rings. The van der Waals surface area contributed by atoms with Gasteiger partial charge in [-0.15, -0.1) is 16.4 Å². The van der Waals surface area contributed by atoms with Gasteiger partial charge in [0.15, 0.2) is 0 Å². The summed E-state index contributed by atoms with van der Waals surface area (Å²) in [6.07, 6.45) is 0. The van der Waals surface area contributed by atoms with Gasteiger partial charge < -0.3 is 5.32 Å². The number of benzene rings is 2. The minimum absolute atomic E-state index is 0.0527. The lowest BCUT2D eigenvalue weighted by atomic mass is 10.2. The molecule has 2 heterocycles. The van der Waals surface area contributed by atoms with E-state index in [1.165, 1.54) is 23.5 Å². The quantitative estimate of drug-likeness (QED) is 0.376. The summed E-state index contributed by atoms with van der Waals surface area (Å²) in [5, 5.41) is 25.4. The predicted molar refractivity (Wildman–Crippen MR) is 104 cm³/mol. The highest BCUT2D eigenvalue weighted by Gasteiger charge is 2.21. The topological polar surface area (TPSA) is 146 Å². The van der Waals surface area contributed by atoms with Crippen molar-refractivity contribution in [3.8, 4) is 11.3 Å². The van der Waals surface area contributed by atoms with Crippen LogP contribution < -0.4 is 10.5 Å². The summed E-state index contributed by atoms with van der Waals surface area (Å²) in [6.45, 7) is 0. The lowest BCUT2D eigenvalue weighted by molar-refractivity contribution is -0.384. The van der Waals surface area contributed by atoms with Gasteiger partial charge in [0.25, 0.3) is 5.69 Å². The fourth-order valence-electron chi connectivity index (χ4n) is 2.61. The van der Waals surface area contributed by atoms with Crippen molar-refractivity contribution in [2.24, 2.45) is 5.14 Å². The summed E-state index contributed by atoms with van der Waals surface area (Å²) >= 11 is 1.38. The minimum atomic E-state index is -4.06. The highest BCUT2D eigenvalue weighted by Crippen LogP contribution is 2.31. The van der Waals surface area contributed by atoms with E-state index >= 15 is 0 Å². The van der Waals surface area contributed by atoms with E-state index < -0.39 is 20.6 Å². The molecule has 0 atom stereocenters. The number of primary sulfonamides is 1. The van der Waals surface area contributed by atoms with Crippen LogP contribution in [0.25, 0.3) is 16.2 Å². The summed E-state index contributed by atoms with van der Waals surface area (Å²) in [4.78, 5) is 15.2. The van der Waals surface area contributed by atoms with Gasteiger partial charge in [-0.2, -0.15) is 4.98 Å². The highest BCUT2D eigenvalue weighted by molar-refractivity contribution is 7.89. The van der Waals surface area contributed by atoms with E-state index in [9.17, 15) is 18.5 Å². The van der Waals surface area contributed by atoms with Crippen molar-refractivity contribution >= 4 is 43.6 Å². The van der Waals surface area contributed by atoms with E-state index in [-0.39, 0.29) is 16.5 Å². The van der Waals surface area contributed by atoms with Crippen molar-refractivity contribution < 1.29 is 13.3 Å². The molecule has 0 amide bonds. The summed E-state index contributed by atoms with van der Waals surface area (Å²) < 4.78 is 24.5. The van der Waals surface area contributed by atoms with Crippen molar-refractivity contribution in [1.82, 2.24) is 14.6 Å². The molecule has 4 rings (SSSR count). The first kappa shape index (κ1) is 18.0. The molecule has 2 aromatic carbocycles. The van der Waals surface area contributed by atoms with Gasteiger partial charge in [-0.05, 0) is 12.1 Å². The lowest BCUT2D eigenvalue weighted by Crippen LogP contribution is -2.12. The van der Waals surface area contributed by atoms with E-state index in [2.05, 4.69) is 15.4 Å². The van der Waals surface area contributed by atoms with Crippen LogP contribution in [0.4, 0.5) is 17.3 Å². The second-order valence-electron chi connectivity index (χ2n) is 5.72. The van der Waals surface area contributed by atoms with Gasteiger partial charge in [-0.1, -0.05) is 30.3 Å². The van der Waals surface area contributed by atoms with Gasteiger partial charge in [0.05, 0.1) is 15.5 Å². The molecule has 10 nitrogen and oxygen atoms in total. The Morgan fingerprint density at radius 2 is 1.93 bits per heavy atom. The maximum absolute atomic E-state index is 11.4. The summed E-state index contributed by atoms with van der Waals surface area (Å²) in [6, 6.07) is 12.9. The van der Waals surface area contributed by atoms with Gasteiger partial charge >= 0.3 is 0 Å². The maximum Gasteiger partial charge on any atom is 0.294 e. The molecule has 142 valence electrons. The van der Waals surface area contributed by atoms with Crippen LogP contribution in [0.5, 0.6) is 0 Å². The molecule has 0 radical (unpaired) electrons. The van der Waals surface area contributed by atoms with Crippen LogP contribution in [0.1, 0.15) is 0 Å². The normalized spacial score (nSPS) is 11.6. The largest absolute Gasteiger partial charge is 0.317 e. The number of hydrogen-bond acceptors (Lipinski definition) is 8. The van der Waals surface area contributed by atoms with E-state index in [0.717, 1.165) is 17.3 Å². The van der Waals surface area contributed by atoms with Crippen LogP contribution in [0.15, 0.2) is 58.8 Å². The molecule has 0 bridgehead atoms. The van der Waals surface area contributed by atoms with Crippen LogP contribution in [-0.2, 0) is 10.0 Å². The SMILES string of the molecule is NS(=O)(=O)c1ccc(Nc2nc3scc(-c4ccccc4)n3n2)c([N+](=O)[O-])c1. The molecule has 0 fully saturated rings. The monoisotopic (exact) mass is 416 g/mol. The fourth-order valence-corrected chi connectivity index (χ4v) is 3.97. The second-order valence-corrected chi connectivity index (χ2v) is 8.12. The Labute approximate surface area is 162 Å². The Hall–Kier alpha value is -3.35. The number of nitrogens with zero attached hydrogens (tertiary/aromatic N) is 4. The minimum Gasteiger partial charge on any atom is -0.317 e. The highest BCUT2D eigenvalue weighted by atomic mass is 32.2. The van der Waals surface area contributed by atoms with Crippen LogP contribution in [-0.4, -0.2) is 27.9 Å². The number of aromatic nitrogens is 3. The second kappa shape index (κ2) is 6.67. The van der Waals surface area contributed by atoms with Crippen LogP contribution in [0.3, 0.4) is 0 Å². The zero-order chi connectivity index (χ0) is 19.9. The molecule has 0 aliphatic rings. The number of thiazole rings is 1. The number of nitro groups is 1. The number of nitro benzene ring substituents is 1. The van der Waals surface area contributed by atoms with Gasteiger partial charge in [0.2, 0.25) is 20.9 Å². The van der Waals surface area contributed by atoms with Crippen molar-refractivity contribution in [3.05, 3.63) is 64.0 Å². The third-order valence-corrected chi connectivity index (χ3v) is 5.62. The summed E-state index contributed by atoms with van der Waals surface area (Å²) in [5.41, 5.74) is 1.39. The third kappa shape index (κ3) is 3.31. The van der Waals surface area contributed by atoms with Crippen molar-refractivity contribution in [2.75, 3.05) is 5.32 Å². The Morgan fingerprint density at radius 3 is 2.61 bits per heavy atom. The molecule has 0 aliphatic heterocycles. The Balaban J connectivity index is 1.73. The molecule has 0 saturated heterocycles. The smallest absolute Gasteiger partial charge is 0.294 e. The first-order chi connectivity index (χ1) is 13.3. The zero-order valence-corrected chi connectivity index (χ0v) is 15.6. The number of sulfonamides is 1. The molecule has 0 aliphatic carbocycles. The van der Waals surface area contributed by atoms with Gasteiger partial charge in [-0.3, -0.25) is 10.1 Å². The van der Waals surface area contributed by atoms with Crippen LogP contribution in [0.2, 0.25) is 0 Å². The van der Waals surface area contributed by atoms with E-state index in [0.29, 0.717) is 4.96 Å². The molecule has 28 heavy (non-hydrogen) atoms. The first-order valence-corrected chi connectivity index (χ1v) is 10.2.